The van der Waals surface area contributed by atoms with Gasteiger partial charge in [-0.05, 0) is 25.2 Å². The van der Waals surface area contributed by atoms with Crippen LogP contribution < -0.4 is 0 Å². The maximum Gasteiger partial charge on any atom is 0.306 e. The molecule has 0 radical (unpaired) electrons. The van der Waals surface area contributed by atoms with Crippen molar-refractivity contribution in [3.05, 3.63) is 0 Å². The summed E-state index contributed by atoms with van der Waals surface area (Å²) in [5.41, 5.74) is 0. The van der Waals surface area contributed by atoms with Gasteiger partial charge >= 0.3 is 17.9 Å². The smallest absolute Gasteiger partial charge is 0.306 e. The molecule has 0 aliphatic rings. The molecule has 0 spiro atoms. The molecular weight excluding hydrogens is 769 g/mol. The fourth-order valence-corrected chi connectivity index (χ4v) is 8.57. The zero-order valence-electron chi connectivity index (χ0n) is 42.3. The van der Waals surface area contributed by atoms with Gasteiger partial charge in [0.2, 0.25) is 0 Å². The van der Waals surface area contributed by atoms with Crippen LogP contribution in [0.2, 0.25) is 0 Å². The third-order valence-corrected chi connectivity index (χ3v) is 12.8. The van der Waals surface area contributed by atoms with Gasteiger partial charge in [0.1, 0.15) is 13.2 Å². The Morgan fingerprint density at radius 2 is 0.532 bits per heavy atom. The van der Waals surface area contributed by atoms with Crippen molar-refractivity contribution in [3.8, 4) is 0 Å². The molecule has 6 heteroatoms. The molecule has 0 aromatic rings. The number of rotatable bonds is 51. The van der Waals surface area contributed by atoms with Gasteiger partial charge in [-0.25, -0.2) is 0 Å². The Hall–Kier alpha value is -1.59. The molecule has 0 saturated heterocycles. The molecule has 0 bridgehead atoms. The van der Waals surface area contributed by atoms with Crippen LogP contribution >= 0.6 is 0 Å². The molecule has 1 atom stereocenters. The molecule has 0 aliphatic carbocycles. The van der Waals surface area contributed by atoms with Crippen molar-refractivity contribution in [1.29, 1.82) is 0 Å². The lowest BCUT2D eigenvalue weighted by Gasteiger charge is -2.18. The van der Waals surface area contributed by atoms with Gasteiger partial charge in [-0.3, -0.25) is 14.4 Å². The highest BCUT2D eigenvalue weighted by atomic mass is 16.6. The van der Waals surface area contributed by atoms with E-state index in [9.17, 15) is 14.4 Å². The lowest BCUT2D eigenvalue weighted by Crippen LogP contribution is -2.30. The van der Waals surface area contributed by atoms with Crippen LogP contribution in [0.5, 0.6) is 0 Å². The van der Waals surface area contributed by atoms with Crippen LogP contribution in [0.25, 0.3) is 0 Å². The summed E-state index contributed by atoms with van der Waals surface area (Å²) >= 11 is 0. The first-order valence-electron chi connectivity index (χ1n) is 27.9. The quantitative estimate of drug-likeness (QED) is 0.0344. The molecule has 0 unspecified atom stereocenters. The van der Waals surface area contributed by atoms with E-state index in [1.165, 1.54) is 212 Å². The van der Waals surface area contributed by atoms with E-state index in [2.05, 4.69) is 27.7 Å². The van der Waals surface area contributed by atoms with Gasteiger partial charge in [0.05, 0.1) is 0 Å². The minimum Gasteiger partial charge on any atom is -0.462 e. The predicted molar refractivity (Wildman–Crippen MR) is 266 cm³/mol. The molecule has 0 aromatic heterocycles. The number of hydrogen-bond acceptors (Lipinski definition) is 6. The summed E-state index contributed by atoms with van der Waals surface area (Å²) in [6, 6.07) is 0. The van der Waals surface area contributed by atoms with Crippen molar-refractivity contribution in [2.45, 2.75) is 323 Å². The van der Waals surface area contributed by atoms with Gasteiger partial charge in [0, 0.05) is 19.3 Å². The second kappa shape index (κ2) is 50.4. The first-order valence-corrected chi connectivity index (χ1v) is 27.9. The Bertz CT molecular complexity index is 933. The Labute approximate surface area is 387 Å². The fourth-order valence-electron chi connectivity index (χ4n) is 8.57. The van der Waals surface area contributed by atoms with Crippen molar-refractivity contribution >= 4 is 17.9 Å². The zero-order valence-corrected chi connectivity index (χ0v) is 42.3. The molecule has 0 heterocycles. The number of ether oxygens (including phenoxy) is 3. The molecule has 0 fully saturated rings. The average molecular weight is 877 g/mol. The van der Waals surface area contributed by atoms with Gasteiger partial charge in [-0.2, -0.15) is 0 Å². The molecule has 6 nitrogen and oxygen atoms in total. The summed E-state index contributed by atoms with van der Waals surface area (Å²) in [5.74, 6) is 0.00954. The second-order valence-electron chi connectivity index (χ2n) is 19.7. The van der Waals surface area contributed by atoms with Gasteiger partial charge in [0.25, 0.3) is 0 Å². The summed E-state index contributed by atoms with van der Waals surface area (Å²) in [5, 5.41) is 0. The van der Waals surface area contributed by atoms with Crippen molar-refractivity contribution in [2.75, 3.05) is 13.2 Å². The van der Waals surface area contributed by atoms with Gasteiger partial charge in [-0.1, -0.05) is 278 Å². The van der Waals surface area contributed by atoms with Crippen LogP contribution in [0.1, 0.15) is 317 Å². The number of unbranched alkanes of at least 4 members (excludes halogenated alkanes) is 38. The summed E-state index contributed by atoms with van der Waals surface area (Å²) in [6.07, 6.45) is 53.8. The van der Waals surface area contributed by atoms with E-state index in [1.807, 2.05) is 0 Å². The van der Waals surface area contributed by atoms with Gasteiger partial charge in [0.15, 0.2) is 6.10 Å². The standard InChI is InChI=1S/C56H108O6/c1-5-7-9-11-13-15-17-18-19-22-26-29-33-37-41-45-49-56(59)62-53(50-60-54(57)47-43-39-35-31-16-14-12-10-8-6-2)51-61-55(58)48-44-40-36-32-28-25-23-20-21-24-27-30-34-38-42-46-52(3)4/h52-53H,5-51H2,1-4H3/t53-/m0/s1. The topological polar surface area (TPSA) is 78.9 Å². The van der Waals surface area contributed by atoms with Crippen LogP contribution in [0.15, 0.2) is 0 Å². The number of esters is 3. The maximum atomic E-state index is 12.8. The Balaban J connectivity index is 4.24. The van der Waals surface area contributed by atoms with E-state index in [-0.39, 0.29) is 31.1 Å². The van der Waals surface area contributed by atoms with E-state index < -0.39 is 6.10 Å². The van der Waals surface area contributed by atoms with Crippen LogP contribution in [0.4, 0.5) is 0 Å². The monoisotopic (exact) mass is 877 g/mol. The van der Waals surface area contributed by atoms with Gasteiger partial charge < -0.3 is 14.2 Å². The highest BCUT2D eigenvalue weighted by Crippen LogP contribution is 2.18. The zero-order chi connectivity index (χ0) is 45.2. The van der Waals surface area contributed by atoms with Crippen LogP contribution in [0.3, 0.4) is 0 Å². The lowest BCUT2D eigenvalue weighted by atomic mass is 10.0. The number of hydrogen-bond donors (Lipinski definition) is 0. The molecule has 0 saturated carbocycles. The van der Waals surface area contributed by atoms with E-state index in [0.717, 1.165) is 63.7 Å². The minimum absolute atomic E-state index is 0.0621. The molecule has 0 amide bonds. The first-order chi connectivity index (χ1) is 30.4. The fraction of sp³-hybridized carbons (Fsp3) is 0.946. The van der Waals surface area contributed by atoms with Crippen LogP contribution in [-0.4, -0.2) is 37.2 Å². The average Bonchev–Trinajstić information content (AvgIpc) is 3.26. The number of carbonyl (C=O) groups excluding carboxylic acids is 3. The molecule has 0 aliphatic heterocycles. The lowest BCUT2D eigenvalue weighted by molar-refractivity contribution is -0.167. The minimum atomic E-state index is -0.760. The summed E-state index contributed by atoms with van der Waals surface area (Å²) in [6.45, 7) is 9.05. The van der Waals surface area contributed by atoms with Crippen molar-refractivity contribution in [3.63, 3.8) is 0 Å². The molecule has 62 heavy (non-hydrogen) atoms. The van der Waals surface area contributed by atoms with Crippen LogP contribution in [-0.2, 0) is 28.6 Å². The number of carbonyl (C=O) groups is 3. The molecule has 0 aromatic carbocycles. The van der Waals surface area contributed by atoms with E-state index >= 15 is 0 Å². The Kier molecular flexibility index (Phi) is 49.1. The SMILES string of the molecule is CCCCCCCCCCCCCCCCCCC(=O)O[C@@H](COC(=O)CCCCCCCCCCCC)COC(=O)CCCCCCCCCCCCCCCCCC(C)C. The summed E-state index contributed by atoms with van der Waals surface area (Å²) in [7, 11) is 0. The molecule has 368 valence electrons. The predicted octanol–water partition coefficient (Wildman–Crippen LogP) is 18.2. The third kappa shape index (κ3) is 49.4. The van der Waals surface area contributed by atoms with Crippen molar-refractivity contribution in [1.82, 2.24) is 0 Å². The largest absolute Gasteiger partial charge is 0.462 e. The highest BCUT2D eigenvalue weighted by Gasteiger charge is 2.19. The highest BCUT2D eigenvalue weighted by molar-refractivity contribution is 5.71. The maximum absolute atomic E-state index is 12.8. The normalized spacial score (nSPS) is 12.0. The first kappa shape index (κ1) is 60.4. The Morgan fingerprint density at radius 3 is 0.790 bits per heavy atom. The van der Waals surface area contributed by atoms with E-state index in [1.54, 1.807) is 0 Å². The van der Waals surface area contributed by atoms with Crippen molar-refractivity contribution in [2.24, 2.45) is 5.92 Å². The third-order valence-electron chi connectivity index (χ3n) is 12.8. The second-order valence-corrected chi connectivity index (χ2v) is 19.7. The molecule has 0 N–H and O–H groups in total. The summed E-state index contributed by atoms with van der Waals surface area (Å²) < 4.78 is 16.8. The van der Waals surface area contributed by atoms with Crippen molar-refractivity contribution < 1.29 is 28.6 Å². The molecule has 0 rings (SSSR count). The molecular formula is C56H108O6. The Morgan fingerprint density at radius 1 is 0.306 bits per heavy atom. The van der Waals surface area contributed by atoms with E-state index in [0.29, 0.717) is 19.3 Å². The van der Waals surface area contributed by atoms with Gasteiger partial charge in [-0.15, -0.1) is 0 Å². The van der Waals surface area contributed by atoms with Crippen LogP contribution in [0, 0.1) is 5.92 Å². The van der Waals surface area contributed by atoms with E-state index in [4.69, 9.17) is 14.2 Å². The summed E-state index contributed by atoms with van der Waals surface area (Å²) in [4.78, 5) is 38.0.